The fourth-order valence-electron chi connectivity index (χ4n) is 1.04. The standard InChI is InChI=1S/C8H10N4O/c1-3-10-11-7(1)5-9-6-8-2-4-13-12-8/h1-4,9H,5-6H2,(H,10,11). The minimum absolute atomic E-state index is 0.704. The zero-order valence-electron chi connectivity index (χ0n) is 7.03. The molecule has 0 saturated carbocycles. The lowest BCUT2D eigenvalue weighted by atomic mass is 10.4. The van der Waals surface area contributed by atoms with Crippen LogP contribution in [-0.2, 0) is 13.1 Å². The highest BCUT2D eigenvalue weighted by molar-refractivity contribution is 4.98. The van der Waals surface area contributed by atoms with Crippen LogP contribution in [0.4, 0.5) is 0 Å². The van der Waals surface area contributed by atoms with Crippen LogP contribution in [0.25, 0.3) is 0 Å². The molecule has 68 valence electrons. The second-order valence-electron chi connectivity index (χ2n) is 2.68. The first-order valence-corrected chi connectivity index (χ1v) is 4.03. The highest BCUT2D eigenvalue weighted by Crippen LogP contribution is 1.95. The molecule has 2 aromatic heterocycles. The Morgan fingerprint density at radius 3 is 3.08 bits per heavy atom. The summed E-state index contributed by atoms with van der Waals surface area (Å²) in [6.45, 7) is 1.46. The van der Waals surface area contributed by atoms with Crippen LogP contribution >= 0.6 is 0 Å². The molecule has 0 atom stereocenters. The first-order valence-electron chi connectivity index (χ1n) is 4.03. The largest absolute Gasteiger partial charge is 0.364 e. The van der Waals surface area contributed by atoms with E-state index in [0.29, 0.717) is 6.54 Å². The normalized spacial score (nSPS) is 10.5. The molecule has 0 aliphatic carbocycles. The summed E-state index contributed by atoms with van der Waals surface area (Å²) in [6, 6.07) is 3.76. The average Bonchev–Trinajstić information content (AvgIpc) is 2.75. The maximum atomic E-state index is 4.69. The molecular weight excluding hydrogens is 168 g/mol. The van der Waals surface area contributed by atoms with Crippen LogP contribution in [0, 0.1) is 0 Å². The van der Waals surface area contributed by atoms with Crippen LogP contribution in [0.1, 0.15) is 11.4 Å². The minimum Gasteiger partial charge on any atom is -0.364 e. The molecule has 2 rings (SSSR count). The van der Waals surface area contributed by atoms with Crippen molar-refractivity contribution in [3.05, 3.63) is 36.0 Å². The van der Waals surface area contributed by atoms with Gasteiger partial charge in [0.25, 0.3) is 0 Å². The summed E-state index contributed by atoms with van der Waals surface area (Å²) in [5, 5.41) is 13.7. The molecule has 2 heterocycles. The molecule has 0 aromatic carbocycles. The van der Waals surface area contributed by atoms with E-state index in [0.717, 1.165) is 17.9 Å². The number of aromatic nitrogens is 3. The lowest BCUT2D eigenvalue weighted by Crippen LogP contribution is -2.13. The van der Waals surface area contributed by atoms with Crippen LogP contribution < -0.4 is 5.32 Å². The number of nitrogens with zero attached hydrogens (tertiary/aromatic N) is 2. The van der Waals surface area contributed by atoms with Crippen LogP contribution in [0.15, 0.2) is 29.1 Å². The highest BCUT2D eigenvalue weighted by Gasteiger charge is 1.96. The lowest BCUT2D eigenvalue weighted by Gasteiger charge is -1.98. The van der Waals surface area contributed by atoms with Gasteiger partial charge in [-0.1, -0.05) is 5.16 Å². The summed E-state index contributed by atoms with van der Waals surface area (Å²) >= 11 is 0. The number of hydrogen-bond donors (Lipinski definition) is 2. The molecule has 5 heteroatoms. The van der Waals surface area contributed by atoms with Crippen molar-refractivity contribution in [1.82, 2.24) is 20.7 Å². The molecule has 0 amide bonds. The van der Waals surface area contributed by atoms with Crippen LogP contribution in [0.3, 0.4) is 0 Å². The van der Waals surface area contributed by atoms with Crippen molar-refractivity contribution in [1.29, 1.82) is 0 Å². The maximum absolute atomic E-state index is 4.69. The Kier molecular flexibility index (Phi) is 2.38. The number of nitrogens with one attached hydrogen (secondary N) is 2. The Bertz CT molecular complexity index is 293. The first kappa shape index (κ1) is 8.00. The van der Waals surface area contributed by atoms with E-state index in [4.69, 9.17) is 4.52 Å². The summed E-state index contributed by atoms with van der Waals surface area (Å²) in [7, 11) is 0. The van der Waals surface area contributed by atoms with Gasteiger partial charge in [-0.15, -0.1) is 0 Å². The van der Waals surface area contributed by atoms with Gasteiger partial charge < -0.3 is 9.84 Å². The summed E-state index contributed by atoms with van der Waals surface area (Å²) in [4.78, 5) is 0. The second kappa shape index (κ2) is 3.86. The Labute approximate surface area is 75.1 Å². The smallest absolute Gasteiger partial charge is 0.124 e. The van der Waals surface area contributed by atoms with Crippen molar-refractivity contribution >= 4 is 0 Å². The molecule has 13 heavy (non-hydrogen) atoms. The van der Waals surface area contributed by atoms with E-state index >= 15 is 0 Å². The molecule has 0 bridgehead atoms. The van der Waals surface area contributed by atoms with Gasteiger partial charge in [-0.05, 0) is 6.07 Å². The quantitative estimate of drug-likeness (QED) is 0.722. The Balaban J connectivity index is 1.76. The molecule has 0 spiro atoms. The van der Waals surface area contributed by atoms with Gasteiger partial charge in [-0.2, -0.15) is 5.10 Å². The van der Waals surface area contributed by atoms with Crippen molar-refractivity contribution in [2.24, 2.45) is 0 Å². The molecule has 0 aliphatic heterocycles. The molecule has 0 saturated heterocycles. The van der Waals surface area contributed by atoms with Crippen molar-refractivity contribution in [2.75, 3.05) is 0 Å². The number of hydrogen-bond acceptors (Lipinski definition) is 4. The van der Waals surface area contributed by atoms with E-state index < -0.39 is 0 Å². The molecule has 0 fully saturated rings. The topological polar surface area (TPSA) is 66.7 Å². The summed E-state index contributed by atoms with van der Waals surface area (Å²) < 4.78 is 4.69. The number of rotatable bonds is 4. The van der Waals surface area contributed by atoms with E-state index in [1.54, 1.807) is 12.5 Å². The van der Waals surface area contributed by atoms with Crippen LogP contribution in [0.5, 0.6) is 0 Å². The molecule has 5 nitrogen and oxygen atoms in total. The highest BCUT2D eigenvalue weighted by atomic mass is 16.5. The predicted octanol–water partition coefficient (Wildman–Crippen LogP) is 0.687. The molecule has 0 radical (unpaired) electrons. The third-order valence-corrected chi connectivity index (χ3v) is 1.67. The zero-order valence-corrected chi connectivity index (χ0v) is 7.03. The SMILES string of the molecule is c1cc(CNCc2ccon2)[nH]n1. The van der Waals surface area contributed by atoms with Crippen molar-refractivity contribution < 1.29 is 4.52 Å². The summed E-state index contributed by atoms with van der Waals surface area (Å²) in [6.07, 6.45) is 3.29. The third kappa shape index (κ3) is 2.16. The predicted molar refractivity (Wildman–Crippen MR) is 45.6 cm³/mol. The Morgan fingerprint density at radius 2 is 2.38 bits per heavy atom. The zero-order chi connectivity index (χ0) is 8.93. The Morgan fingerprint density at radius 1 is 1.38 bits per heavy atom. The van der Waals surface area contributed by atoms with Crippen LogP contribution in [-0.4, -0.2) is 15.4 Å². The minimum atomic E-state index is 0.704. The van der Waals surface area contributed by atoms with E-state index in [2.05, 4.69) is 20.7 Å². The number of H-pyrrole nitrogens is 1. The van der Waals surface area contributed by atoms with Crippen molar-refractivity contribution in [3.63, 3.8) is 0 Å². The van der Waals surface area contributed by atoms with Crippen molar-refractivity contribution in [3.8, 4) is 0 Å². The van der Waals surface area contributed by atoms with Crippen LogP contribution in [0.2, 0.25) is 0 Å². The fraction of sp³-hybridized carbons (Fsp3) is 0.250. The van der Waals surface area contributed by atoms with Gasteiger partial charge in [0.2, 0.25) is 0 Å². The molecule has 2 aromatic rings. The van der Waals surface area contributed by atoms with Gasteiger partial charge >= 0.3 is 0 Å². The molecule has 0 aliphatic rings. The van der Waals surface area contributed by atoms with E-state index in [1.807, 2.05) is 12.1 Å². The third-order valence-electron chi connectivity index (χ3n) is 1.67. The van der Waals surface area contributed by atoms with Gasteiger partial charge in [0.1, 0.15) is 6.26 Å². The monoisotopic (exact) mass is 178 g/mol. The molecule has 2 N–H and O–H groups in total. The first-order chi connectivity index (χ1) is 6.45. The van der Waals surface area contributed by atoms with Gasteiger partial charge in [0, 0.05) is 31.0 Å². The van der Waals surface area contributed by atoms with E-state index in [1.165, 1.54) is 0 Å². The average molecular weight is 178 g/mol. The molecular formula is C8H10N4O. The van der Waals surface area contributed by atoms with Gasteiger partial charge in [0.15, 0.2) is 0 Å². The lowest BCUT2D eigenvalue weighted by molar-refractivity contribution is 0.408. The van der Waals surface area contributed by atoms with Gasteiger partial charge in [-0.25, -0.2) is 0 Å². The second-order valence-corrected chi connectivity index (χ2v) is 2.68. The van der Waals surface area contributed by atoms with Gasteiger partial charge in [-0.3, -0.25) is 5.10 Å². The van der Waals surface area contributed by atoms with E-state index in [9.17, 15) is 0 Å². The summed E-state index contributed by atoms with van der Waals surface area (Å²) in [5.41, 5.74) is 1.96. The molecule has 0 unspecified atom stereocenters. The fourth-order valence-corrected chi connectivity index (χ4v) is 1.04. The number of aromatic amines is 1. The summed E-state index contributed by atoms with van der Waals surface area (Å²) in [5.74, 6) is 0. The van der Waals surface area contributed by atoms with E-state index in [-0.39, 0.29) is 0 Å². The Hall–Kier alpha value is -1.62. The van der Waals surface area contributed by atoms with Crippen molar-refractivity contribution in [2.45, 2.75) is 13.1 Å². The maximum Gasteiger partial charge on any atom is 0.124 e. The van der Waals surface area contributed by atoms with Gasteiger partial charge in [0.05, 0.1) is 5.69 Å².